The summed E-state index contributed by atoms with van der Waals surface area (Å²) in [7, 11) is 5.81. The van der Waals surface area contributed by atoms with E-state index in [4.69, 9.17) is 4.74 Å². The first-order valence-electron chi connectivity index (χ1n) is 8.63. The van der Waals surface area contributed by atoms with E-state index in [-0.39, 0.29) is 5.92 Å². The Morgan fingerprint density at radius 3 is 2.35 bits per heavy atom. The van der Waals surface area contributed by atoms with Gasteiger partial charge in [0.25, 0.3) is 0 Å². The zero-order chi connectivity index (χ0) is 17.1. The Bertz CT molecular complexity index is 437. The minimum Gasteiger partial charge on any atom is -0.385 e. The number of hydrogen-bond acceptors (Lipinski definition) is 2. The Kier molecular flexibility index (Phi) is 10.0. The van der Waals surface area contributed by atoms with E-state index >= 15 is 0 Å². The highest BCUT2D eigenvalue weighted by molar-refractivity contribution is 5.23. The Hall–Kier alpha value is -1.00. The first-order chi connectivity index (χ1) is 11.1. The Balaban J connectivity index is 2.58. The van der Waals surface area contributed by atoms with E-state index < -0.39 is 11.6 Å². The quantitative estimate of drug-likeness (QED) is 0.502. The van der Waals surface area contributed by atoms with Crippen LogP contribution in [0.1, 0.15) is 56.4 Å². The van der Waals surface area contributed by atoms with Crippen molar-refractivity contribution in [3.05, 3.63) is 35.4 Å². The van der Waals surface area contributed by atoms with Crippen molar-refractivity contribution in [2.24, 2.45) is 0 Å². The van der Waals surface area contributed by atoms with E-state index in [1.54, 1.807) is 19.2 Å². The average molecular weight is 327 g/mol. The molecule has 4 heteroatoms. The predicted octanol–water partition coefficient (Wildman–Crippen LogP) is 4.99. The monoisotopic (exact) mass is 327 g/mol. The molecule has 1 aromatic carbocycles. The number of rotatable bonds is 12. The van der Waals surface area contributed by atoms with Crippen molar-refractivity contribution < 1.29 is 13.5 Å². The van der Waals surface area contributed by atoms with Gasteiger partial charge in [0.05, 0.1) is 0 Å². The van der Waals surface area contributed by atoms with Crippen LogP contribution in [0.5, 0.6) is 0 Å². The summed E-state index contributed by atoms with van der Waals surface area (Å²) in [5.41, 5.74) is 0.543. The minimum absolute atomic E-state index is 0.107. The van der Waals surface area contributed by atoms with Gasteiger partial charge in [-0.2, -0.15) is 0 Å². The summed E-state index contributed by atoms with van der Waals surface area (Å²) < 4.78 is 32.7. The topological polar surface area (TPSA) is 12.5 Å². The third kappa shape index (κ3) is 7.89. The molecule has 23 heavy (non-hydrogen) atoms. The van der Waals surface area contributed by atoms with Gasteiger partial charge in [-0.1, -0.05) is 31.4 Å². The van der Waals surface area contributed by atoms with Crippen LogP contribution in [-0.2, 0) is 4.74 Å². The predicted molar refractivity (Wildman–Crippen MR) is 91.8 cm³/mol. The van der Waals surface area contributed by atoms with E-state index in [9.17, 15) is 8.78 Å². The molecule has 0 aliphatic heterocycles. The number of hydrogen-bond donors (Lipinski definition) is 0. The van der Waals surface area contributed by atoms with Gasteiger partial charge in [0, 0.05) is 13.7 Å². The summed E-state index contributed by atoms with van der Waals surface area (Å²) in [5, 5.41) is 0. The second kappa shape index (κ2) is 11.5. The Morgan fingerprint density at radius 2 is 1.70 bits per heavy atom. The third-order valence-corrected chi connectivity index (χ3v) is 4.23. The van der Waals surface area contributed by atoms with Crippen molar-refractivity contribution in [2.75, 3.05) is 34.4 Å². The molecule has 132 valence electrons. The van der Waals surface area contributed by atoms with Crippen molar-refractivity contribution in [1.29, 1.82) is 0 Å². The summed E-state index contributed by atoms with van der Waals surface area (Å²) in [5.74, 6) is -1.29. The Labute approximate surface area is 139 Å². The molecule has 0 saturated carbocycles. The maximum Gasteiger partial charge on any atom is 0.162 e. The molecule has 1 atom stereocenters. The molecule has 1 aromatic rings. The summed E-state index contributed by atoms with van der Waals surface area (Å²) in [4.78, 5) is 2.16. The van der Waals surface area contributed by atoms with Gasteiger partial charge >= 0.3 is 0 Å². The summed E-state index contributed by atoms with van der Waals surface area (Å²) >= 11 is 0. The molecule has 0 fully saturated rings. The molecular weight excluding hydrogens is 296 g/mol. The van der Waals surface area contributed by atoms with Gasteiger partial charge in [-0.3, -0.25) is 0 Å². The highest BCUT2D eigenvalue weighted by atomic mass is 19.2. The largest absolute Gasteiger partial charge is 0.385 e. The van der Waals surface area contributed by atoms with Crippen molar-refractivity contribution in [3.63, 3.8) is 0 Å². The molecule has 0 N–H and O–H groups in total. The lowest BCUT2D eigenvalue weighted by atomic mass is 9.88. The van der Waals surface area contributed by atoms with Crippen LogP contribution in [0.2, 0.25) is 0 Å². The van der Waals surface area contributed by atoms with E-state index in [2.05, 4.69) is 19.0 Å². The van der Waals surface area contributed by atoms with Gasteiger partial charge in [0.2, 0.25) is 0 Å². The zero-order valence-corrected chi connectivity index (χ0v) is 14.8. The highest BCUT2D eigenvalue weighted by Crippen LogP contribution is 2.30. The lowest BCUT2D eigenvalue weighted by Gasteiger charge is -2.19. The molecule has 0 heterocycles. The highest BCUT2D eigenvalue weighted by Gasteiger charge is 2.17. The third-order valence-electron chi connectivity index (χ3n) is 4.23. The SMILES string of the molecule is COCCCCCC(CCCCN(C)C)c1cccc(F)c1F. The van der Waals surface area contributed by atoms with E-state index in [1.165, 1.54) is 6.07 Å². The van der Waals surface area contributed by atoms with Gasteiger partial charge in [-0.05, 0) is 63.9 Å². The molecule has 0 radical (unpaired) electrons. The second-order valence-corrected chi connectivity index (χ2v) is 6.48. The number of unbranched alkanes of at least 4 members (excludes halogenated alkanes) is 3. The maximum atomic E-state index is 14.1. The smallest absolute Gasteiger partial charge is 0.162 e. The lowest BCUT2D eigenvalue weighted by Crippen LogP contribution is -2.13. The van der Waals surface area contributed by atoms with Gasteiger partial charge in [-0.15, -0.1) is 0 Å². The first-order valence-corrected chi connectivity index (χ1v) is 8.63. The van der Waals surface area contributed by atoms with Crippen LogP contribution in [-0.4, -0.2) is 39.3 Å². The van der Waals surface area contributed by atoms with Crippen molar-refractivity contribution >= 4 is 0 Å². The fraction of sp³-hybridized carbons (Fsp3) is 0.684. The van der Waals surface area contributed by atoms with Crippen LogP contribution in [0.25, 0.3) is 0 Å². The van der Waals surface area contributed by atoms with Crippen molar-refractivity contribution in [3.8, 4) is 0 Å². The van der Waals surface area contributed by atoms with Gasteiger partial charge in [0.15, 0.2) is 11.6 Å². The fourth-order valence-corrected chi connectivity index (χ4v) is 2.92. The maximum absolute atomic E-state index is 14.1. The number of nitrogens with zero attached hydrogens (tertiary/aromatic N) is 1. The molecule has 1 rings (SSSR count). The van der Waals surface area contributed by atoms with Crippen LogP contribution >= 0.6 is 0 Å². The summed E-state index contributed by atoms with van der Waals surface area (Å²) in [6, 6.07) is 4.55. The van der Waals surface area contributed by atoms with E-state index in [1.807, 2.05) is 0 Å². The molecule has 0 aliphatic rings. The van der Waals surface area contributed by atoms with Gasteiger partial charge in [0.1, 0.15) is 0 Å². The minimum atomic E-state index is -0.736. The number of methoxy groups -OCH3 is 1. The fourth-order valence-electron chi connectivity index (χ4n) is 2.92. The van der Waals surface area contributed by atoms with Gasteiger partial charge < -0.3 is 9.64 Å². The van der Waals surface area contributed by atoms with Gasteiger partial charge in [-0.25, -0.2) is 8.78 Å². The number of benzene rings is 1. The normalized spacial score (nSPS) is 12.8. The number of halogens is 2. The average Bonchev–Trinajstić information content (AvgIpc) is 2.52. The number of ether oxygens (including phenoxy) is 1. The molecule has 0 saturated heterocycles. The molecule has 0 aliphatic carbocycles. The van der Waals surface area contributed by atoms with Crippen LogP contribution in [0, 0.1) is 11.6 Å². The van der Waals surface area contributed by atoms with Crippen molar-refractivity contribution in [1.82, 2.24) is 4.90 Å². The van der Waals surface area contributed by atoms with E-state index in [0.717, 1.165) is 58.1 Å². The molecule has 0 spiro atoms. The summed E-state index contributed by atoms with van der Waals surface area (Å²) in [6.07, 6.45) is 7.07. The standard InChI is InChI=1S/C19H31F2NO/c1-22(2)14-7-6-11-16(10-5-4-8-15-23-3)17-12-9-13-18(20)19(17)21/h9,12-13,16H,4-8,10-11,14-15H2,1-3H3. The van der Waals surface area contributed by atoms with Crippen LogP contribution in [0.4, 0.5) is 8.78 Å². The Morgan fingerprint density at radius 1 is 1.00 bits per heavy atom. The lowest BCUT2D eigenvalue weighted by molar-refractivity contribution is 0.191. The van der Waals surface area contributed by atoms with E-state index in [0.29, 0.717) is 5.56 Å². The molecule has 2 nitrogen and oxygen atoms in total. The molecular formula is C19H31F2NO. The molecule has 0 bridgehead atoms. The van der Waals surface area contributed by atoms with Crippen LogP contribution in [0.15, 0.2) is 18.2 Å². The van der Waals surface area contributed by atoms with Crippen molar-refractivity contribution in [2.45, 2.75) is 50.9 Å². The summed E-state index contributed by atoms with van der Waals surface area (Å²) in [6.45, 7) is 1.80. The molecule has 0 aromatic heterocycles. The van der Waals surface area contributed by atoms with Crippen LogP contribution < -0.4 is 0 Å². The van der Waals surface area contributed by atoms with Crippen LogP contribution in [0.3, 0.4) is 0 Å². The zero-order valence-electron chi connectivity index (χ0n) is 14.8. The first kappa shape index (κ1) is 20.0. The second-order valence-electron chi connectivity index (χ2n) is 6.48. The molecule has 0 amide bonds. The molecule has 1 unspecified atom stereocenters.